The third-order valence-electron chi connectivity index (χ3n) is 6.09. The molecule has 3 aromatic rings. The second kappa shape index (κ2) is 15.3. The smallest absolute Gasteiger partial charge is 0.339 e. The van der Waals surface area contributed by atoms with Gasteiger partial charge in [0.1, 0.15) is 19.3 Å². The standard InChI is InChI=1S/C32H28O11/c1-3-19-37-32-28(42-31(36)24-17-11-6-12-18-24)27(41-30(35)23-15-9-5-10-16-23)26(25(39-32)20-38-43-21(2)33)40-29(34)22-13-7-4-8-14-22/h1,4-18,25-28,32H,19-20H2,2H3. The molecule has 0 radical (unpaired) electrons. The van der Waals surface area contributed by atoms with E-state index in [1.165, 1.54) is 36.4 Å². The van der Waals surface area contributed by atoms with Crippen LogP contribution in [0.15, 0.2) is 91.0 Å². The van der Waals surface area contributed by atoms with Crippen LogP contribution in [0.25, 0.3) is 0 Å². The van der Waals surface area contributed by atoms with E-state index < -0.39 is 61.2 Å². The Morgan fingerprint density at radius 3 is 1.58 bits per heavy atom. The van der Waals surface area contributed by atoms with Crippen molar-refractivity contribution in [3.8, 4) is 12.3 Å². The third-order valence-corrected chi connectivity index (χ3v) is 6.09. The van der Waals surface area contributed by atoms with Crippen LogP contribution in [0.2, 0.25) is 0 Å². The van der Waals surface area contributed by atoms with Gasteiger partial charge in [-0.1, -0.05) is 60.5 Å². The minimum Gasteiger partial charge on any atom is -0.452 e. The Hall–Kier alpha value is -5.02. The fourth-order valence-corrected chi connectivity index (χ4v) is 4.16. The molecular formula is C32H28O11. The molecule has 5 unspecified atom stereocenters. The lowest BCUT2D eigenvalue weighted by Gasteiger charge is -2.44. The predicted molar refractivity (Wildman–Crippen MR) is 148 cm³/mol. The quantitative estimate of drug-likeness (QED) is 0.107. The minimum absolute atomic E-state index is 0.170. The third kappa shape index (κ3) is 8.50. The van der Waals surface area contributed by atoms with E-state index in [-0.39, 0.29) is 23.3 Å². The molecule has 43 heavy (non-hydrogen) atoms. The van der Waals surface area contributed by atoms with Crippen LogP contribution in [-0.4, -0.2) is 67.8 Å². The monoisotopic (exact) mass is 588 g/mol. The summed E-state index contributed by atoms with van der Waals surface area (Å²) in [5, 5.41) is 0. The van der Waals surface area contributed by atoms with Gasteiger partial charge in [0.2, 0.25) is 0 Å². The summed E-state index contributed by atoms with van der Waals surface area (Å²) in [6.07, 6.45) is -1.70. The SMILES string of the molecule is C#CCOC1OC(COOC(C)=O)C(OC(=O)c2ccccc2)C(OC(=O)c2ccccc2)C1OC(=O)c1ccccc1. The Bertz CT molecular complexity index is 1420. The fraction of sp³-hybridized carbons (Fsp3) is 0.250. The molecule has 222 valence electrons. The lowest BCUT2D eigenvalue weighted by Crippen LogP contribution is -2.63. The molecule has 0 amide bonds. The maximum absolute atomic E-state index is 13.3. The average molecular weight is 589 g/mol. The van der Waals surface area contributed by atoms with Gasteiger partial charge in [-0.15, -0.1) is 6.42 Å². The molecule has 11 heteroatoms. The van der Waals surface area contributed by atoms with Crippen LogP contribution in [0.5, 0.6) is 0 Å². The molecule has 0 aliphatic carbocycles. The van der Waals surface area contributed by atoms with Crippen molar-refractivity contribution >= 4 is 23.9 Å². The van der Waals surface area contributed by atoms with E-state index >= 15 is 0 Å². The predicted octanol–water partition coefficient (Wildman–Crippen LogP) is 3.53. The van der Waals surface area contributed by atoms with E-state index in [1.807, 2.05) is 0 Å². The van der Waals surface area contributed by atoms with Crippen LogP contribution in [0, 0.1) is 12.3 Å². The van der Waals surface area contributed by atoms with Gasteiger partial charge in [-0.05, 0) is 36.4 Å². The second-order valence-corrected chi connectivity index (χ2v) is 9.13. The highest BCUT2D eigenvalue weighted by Gasteiger charge is 2.53. The van der Waals surface area contributed by atoms with Crippen LogP contribution >= 0.6 is 0 Å². The Morgan fingerprint density at radius 1 is 0.698 bits per heavy atom. The lowest BCUT2D eigenvalue weighted by molar-refractivity contribution is -0.331. The van der Waals surface area contributed by atoms with E-state index in [2.05, 4.69) is 10.8 Å². The highest BCUT2D eigenvalue weighted by molar-refractivity contribution is 5.91. The van der Waals surface area contributed by atoms with Crippen LogP contribution < -0.4 is 0 Å². The van der Waals surface area contributed by atoms with Gasteiger partial charge < -0.3 is 23.7 Å². The number of hydrogen-bond donors (Lipinski definition) is 0. The normalized spacial score (nSPS) is 21.1. The molecule has 1 heterocycles. The van der Waals surface area contributed by atoms with Gasteiger partial charge in [0.15, 0.2) is 24.6 Å². The first-order valence-corrected chi connectivity index (χ1v) is 13.2. The topological polar surface area (TPSA) is 133 Å². The summed E-state index contributed by atoms with van der Waals surface area (Å²) >= 11 is 0. The molecule has 1 saturated heterocycles. The van der Waals surface area contributed by atoms with Crippen LogP contribution in [0.3, 0.4) is 0 Å². The number of ether oxygens (including phenoxy) is 5. The molecule has 11 nitrogen and oxygen atoms in total. The van der Waals surface area contributed by atoms with Gasteiger partial charge in [-0.3, -0.25) is 4.89 Å². The van der Waals surface area contributed by atoms with Crippen molar-refractivity contribution in [3.63, 3.8) is 0 Å². The highest BCUT2D eigenvalue weighted by atomic mass is 17.2. The van der Waals surface area contributed by atoms with Gasteiger partial charge in [0.05, 0.1) is 16.7 Å². The zero-order valence-corrected chi connectivity index (χ0v) is 23.0. The summed E-state index contributed by atoms with van der Waals surface area (Å²) in [6.45, 7) is 0.355. The van der Waals surface area contributed by atoms with Gasteiger partial charge in [0, 0.05) is 6.92 Å². The molecule has 0 spiro atoms. The molecule has 0 N–H and O–H groups in total. The fourth-order valence-electron chi connectivity index (χ4n) is 4.16. The van der Waals surface area contributed by atoms with Crippen molar-refractivity contribution in [2.24, 2.45) is 0 Å². The Balaban J connectivity index is 1.74. The molecule has 3 aromatic carbocycles. The first-order chi connectivity index (χ1) is 20.9. The minimum atomic E-state index is -1.50. The summed E-state index contributed by atoms with van der Waals surface area (Å²) in [5.41, 5.74) is 0.535. The van der Waals surface area contributed by atoms with E-state index in [0.717, 1.165) is 6.92 Å². The molecule has 1 aliphatic heterocycles. The van der Waals surface area contributed by atoms with Crippen molar-refractivity contribution in [2.45, 2.75) is 37.6 Å². The molecule has 1 aliphatic rings. The number of carbonyl (C=O) groups is 4. The summed E-state index contributed by atoms with van der Waals surface area (Å²) in [4.78, 5) is 60.8. The Morgan fingerprint density at radius 2 is 1.14 bits per heavy atom. The summed E-state index contributed by atoms with van der Waals surface area (Å²) in [5.74, 6) is -0.867. The molecule has 0 saturated carbocycles. The summed E-state index contributed by atoms with van der Waals surface area (Å²) < 4.78 is 29.2. The molecule has 1 fully saturated rings. The van der Waals surface area contributed by atoms with Crippen molar-refractivity contribution in [1.82, 2.24) is 0 Å². The van der Waals surface area contributed by atoms with E-state index in [9.17, 15) is 19.2 Å². The zero-order valence-electron chi connectivity index (χ0n) is 23.0. The number of esters is 3. The first kappa shape index (κ1) is 30.9. The number of benzene rings is 3. The average Bonchev–Trinajstić information content (AvgIpc) is 3.03. The number of rotatable bonds is 11. The van der Waals surface area contributed by atoms with Crippen LogP contribution in [-0.2, 0) is 38.3 Å². The molecular weight excluding hydrogens is 560 g/mol. The molecule has 0 aromatic heterocycles. The maximum Gasteiger partial charge on any atom is 0.339 e. The van der Waals surface area contributed by atoms with Crippen LogP contribution in [0.1, 0.15) is 38.0 Å². The number of hydrogen-bond acceptors (Lipinski definition) is 11. The number of carbonyl (C=O) groups excluding carboxylic acids is 4. The number of terminal acetylenes is 1. The zero-order chi connectivity index (χ0) is 30.6. The van der Waals surface area contributed by atoms with Crippen LogP contribution in [0.4, 0.5) is 0 Å². The highest BCUT2D eigenvalue weighted by Crippen LogP contribution is 2.31. The van der Waals surface area contributed by atoms with E-state index in [1.54, 1.807) is 54.6 Å². The van der Waals surface area contributed by atoms with Crippen molar-refractivity contribution < 1.29 is 52.6 Å². The Labute approximate surface area is 247 Å². The maximum atomic E-state index is 13.3. The van der Waals surface area contributed by atoms with E-state index in [4.69, 9.17) is 35.0 Å². The van der Waals surface area contributed by atoms with Crippen molar-refractivity contribution in [3.05, 3.63) is 108 Å². The second-order valence-electron chi connectivity index (χ2n) is 9.13. The van der Waals surface area contributed by atoms with Gasteiger partial charge in [-0.2, -0.15) is 4.89 Å². The molecule has 5 atom stereocenters. The molecule has 0 bridgehead atoms. The van der Waals surface area contributed by atoms with Crippen molar-refractivity contribution in [1.29, 1.82) is 0 Å². The van der Waals surface area contributed by atoms with Gasteiger partial charge in [-0.25, -0.2) is 19.2 Å². The van der Waals surface area contributed by atoms with E-state index in [0.29, 0.717) is 0 Å². The largest absolute Gasteiger partial charge is 0.452 e. The van der Waals surface area contributed by atoms with Crippen molar-refractivity contribution in [2.75, 3.05) is 13.2 Å². The first-order valence-electron chi connectivity index (χ1n) is 13.2. The lowest BCUT2D eigenvalue weighted by atomic mass is 9.97. The molecule has 4 rings (SSSR count). The summed E-state index contributed by atoms with van der Waals surface area (Å²) in [7, 11) is 0. The van der Waals surface area contributed by atoms with Gasteiger partial charge >= 0.3 is 23.9 Å². The Kier molecular flexibility index (Phi) is 11.0. The summed E-state index contributed by atoms with van der Waals surface area (Å²) in [6, 6.07) is 24.1. The van der Waals surface area contributed by atoms with Gasteiger partial charge in [0.25, 0.3) is 0 Å².